The van der Waals surface area contributed by atoms with E-state index in [-0.39, 0.29) is 12.4 Å². The van der Waals surface area contributed by atoms with Crippen molar-refractivity contribution >= 4 is 35.6 Å². The van der Waals surface area contributed by atoms with Crippen molar-refractivity contribution in [3.63, 3.8) is 0 Å². The second-order valence-corrected chi connectivity index (χ2v) is 6.14. The van der Waals surface area contributed by atoms with Gasteiger partial charge < -0.3 is 9.73 Å². The Kier molecular flexibility index (Phi) is 7.19. The molecule has 3 aromatic rings. The molecule has 0 radical (unpaired) electrons. The Morgan fingerprint density at radius 3 is 2.46 bits per heavy atom. The van der Waals surface area contributed by atoms with Gasteiger partial charge in [0, 0.05) is 15.6 Å². The minimum Gasteiger partial charge on any atom is -0.460 e. The van der Waals surface area contributed by atoms with Gasteiger partial charge >= 0.3 is 0 Å². The number of benzene rings is 2. The molecule has 2 nitrogen and oxygen atoms in total. The number of hydrogen-bond donors (Lipinski definition) is 1. The Bertz CT molecular complexity index is 771. The van der Waals surface area contributed by atoms with Gasteiger partial charge in [-0.2, -0.15) is 0 Å². The molecular formula is C19H18Cl3NO. The van der Waals surface area contributed by atoms with Crippen molar-refractivity contribution in [3.8, 4) is 11.3 Å². The van der Waals surface area contributed by atoms with E-state index in [2.05, 4.69) is 5.32 Å². The van der Waals surface area contributed by atoms with Crippen LogP contribution in [-0.2, 0) is 13.0 Å². The second kappa shape index (κ2) is 9.14. The maximum atomic E-state index is 6.17. The average molecular weight is 383 g/mol. The highest BCUT2D eigenvalue weighted by Crippen LogP contribution is 2.22. The summed E-state index contributed by atoms with van der Waals surface area (Å²) in [5.41, 5.74) is 2.18. The van der Waals surface area contributed by atoms with Crippen molar-refractivity contribution in [2.45, 2.75) is 13.0 Å². The summed E-state index contributed by atoms with van der Waals surface area (Å²) in [4.78, 5) is 0. The van der Waals surface area contributed by atoms with E-state index in [9.17, 15) is 0 Å². The molecule has 1 heterocycles. The Balaban J connectivity index is 0.00000208. The van der Waals surface area contributed by atoms with E-state index in [4.69, 9.17) is 27.6 Å². The molecule has 0 saturated heterocycles. The summed E-state index contributed by atoms with van der Waals surface area (Å²) in [6.45, 7) is 1.51. The van der Waals surface area contributed by atoms with Crippen LogP contribution < -0.4 is 5.32 Å². The summed E-state index contributed by atoms with van der Waals surface area (Å²) in [6, 6.07) is 19.7. The van der Waals surface area contributed by atoms with Crippen molar-refractivity contribution in [2.24, 2.45) is 0 Å². The van der Waals surface area contributed by atoms with E-state index in [0.717, 1.165) is 35.6 Å². The summed E-state index contributed by atoms with van der Waals surface area (Å²) in [6.07, 6.45) is 0.849. The molecule has 0 spiro atoms. The molecule has 1 N–H and O–H groups in total. The Morgan fingerprint density at radius 1 is 0.917 bits per heavy atom. The van der Waals surface area contributed by atoms with Crippen molar-refractivity contribution < 1.29 is 4.42 Å². The smallest absolute Gasteiger partial charge is 0.134 e. The number of furan rings is 1. The molecule has 0 aliphatic heterocycles. The normalized spacial score (nSPS) is 10.4. The largest absolute Gasteiger partial charge is 0.460 e. The van der Waals surface area contributed by atoms with Crippen LogP contribution in [0.25, 0.3) is 11.3 Å². The summed E-state index contributed by atoms with van der Waals surface area (Å²) in [5.74, 6) is 1.81. The Morgan fingerprint density at radius 2 is 1.71 bits per heavy atom. The molecule has 2 aromatic carbocycles. The van der Waals surface area contributed by atoms with Crippen molar-refractivity contribution in [2.75, 3.05) is 6.54 Å². The maximum Gasteiger partial charge on any atom is 0.134 e. The lowest BCUT2D eigenvalue weighted by molar-refractivity contribution is 0.495. The number of nitrogens with one attached hydrogen (secondary N) is 1. The molecule has 0 aliphatic carbocycles. The van der Waals surface area contributed by atoms with Gasteiger partial charge in [-0.1, -0.05) is 59.6 Å². The van der Waals surface area contributed by atoms with Crippen molar-refractivity contribution in [3.05, 3.63) is 82.0 Å². The Hall–Kier alpha value is -1.45. The van der Waals surface area contributed by atoms with Crippen LogP contribution in [0.2, 0.25) is 10.0 Å². The van der Waals surface area contributed by atoms with Gasteiger partial charge in [0.15, 0.2) is 0 Å². The molecule has 0 fully saturated rings. The zero-order chi connectivity index (χ0) is 16.1. The predicted octanol–water partition coefficient (Wildman–Crippen LogP) is 6.01. The third kappa shape index (κ3) is 5.02. The molecular weight excluding hydrogens is 365 g/mol. The van der Waals surface area contributed by atoms with E-state index in [0.29, 0.717) is 16.6 Å². The summed E-state index contributed by atoms with van der Waals surface area (Å²) in [5, 5.41) is 4.75. The first-order valence-electron chi connectivity index (χ1n) is 7.51. The van der Waals surface area contributed by atoms with Gasteiger partial charge in [-0.05, 0) is 42.8 Å². The minimum absolute atomic E-state index is 0. The Labute approximate surface area is 158 Å². The zero-order valence-corrected chi connectivity index (χ0v) is 15.3. The molecule has 0 saturated carbocycles. The molecule has 0 bridgehead atoms. The highest BCUT2D eigenvalue weighted by Gasteiger charge is 2.05. The fraction of sp³-hybridized carbons (Fsp3) is 0.158. The van der Waals surface area contributed by atoms with E-state index in [1.165, 1.54) is 0 Å². The van der Waals surface area contributed by atoms with Crippen LogP contribution in [0, 0.1) is 0 Å². The fourth-order valence-electron chi connectivity index (χ4n) is 2.39. The SMILES string of the molecule is Cl.Clc1ccc(CCNCc2ccc(-c3ccccc3)o2)c(Cl)c1. The van der Waals surface area contributed by atoms with E-state index < -0.39 is 0 Å². The van der Waals surface area contributed by atoms with Gasteiger partial charge in [-0.25, -0.2) is 0 Å². The third-order valence-corrected chi connectivity index (χ3v) is 4.19. The fourth-order valence-corrected chi connectivity index (χ4v) is 2.89. The van der Waals surface area contributed by atoms with E-state index in [1.54, 1.807) is 6.07 Å². The summed E-state index contributed by atoms with van der Waals surface area (Å²) in [7, 11) is 0. The first kappa shape index (κ1) is 18.9. The van der Waals surface area contributed by atoms with Crippen LogP contribution in [0.4, 0.5) is 0 Å². The standard InChI is InChI=1S/C19H17Cl2NO.ClH/c20-16-7-6-14(18(21)12-16)10-11-22-13-17-8-9-19(23-17)15-4-2-1-3-5-15;/h1-9,12,22H,10-11,13H2;1H. The lowest BCUT2D eigenvalue weighted by Crippen LogP contribution is -2.16. The van der Waals surface area contributed by atoms with Crippen LogP contribution in [0.15, 0.2) is 65.1 Å². The lowest BCUT2D eigenvalue weighted by Gasteiger charge is -2.06. The zero-order valence-electron chi connectivity index (χ0n) is 13.0. The lowest BCUT2D eigenvalue weighted by atomic mass is 10.1. The molecule has 126 valence electrons. The van der Waals surface area contributed by atoms with Crippen LogP contribution in [0.5, 0.6) is 0 Å². The van der Waals surface area contributed by atoms with Crippen LogP contribution in [0.3, 0.4) is 0 Å². The highest BCUT2D eigenvalue weighted by atomic mass is 35.5. The van der Waals surface area contributed by atoms with Gasteiger partial charge in [0.1, 0.15) is 11.5 Å². The maximum absolute atomic E-state index is 6.17. The van der Waals surface area contributed by atoms with Gasteiger partial charge in [0.05, 0.1) is 6.54 Å². The monoisotopic (exact) mass is 381 g/mol. The molecule has 0 amide bonds. The molecule has 0 unspecified atom stereocenters. The molecule has 0 aliphatic rings. The van der Waals surface area contributed by atoms with Crippen LogP contribution in [0.1, 0.15) is 11.3 Å². The van der Waals surface area contributed by atoms with Gasteiger partial charge in [0.2, 0.25) is 0 Å². The highest BCUT2D eigenvalue weighted by molar-refractivity contribution is 6.35. The van der Waals surface area contributed by atoms with Crippen LogP contribution in [-0.4, -0.2) is 6.54 Å². The number of rotatable bonds is 6. The van der Waals surface area contributed by atoms with E-state index in [1.807, 2.05) is 54.6 Å². The van der Waals surface area contributed by atoms with Crippen molar-refractivity contribution in [1.29, 1.82) is 0 Å². The minimum atomic E-state index is 0. The molecule has 1 aromatic heterocycles. The first-order valence-corrected chi connectivity index (χ1v) is 8.27. The van der Waals surface area contributed by atoms with Gasteiger partial charge in [-0.15, -0.1) is 12.4 Å². The van der Waals surface area contributed by atoms with Gasteiger partial charge in [0.25, 0.3) is 0 Å². The van der Waals surface area contributed by atoms with E-state index >= 15 is 0 Å². The van der Waals surface area contributed by atoms with Crippen molar-refractivity contribution in [1.82, 2.24) is 5.32 Å². The molecule has 3 rings (SSSR count). The molecule has 24 heavy (non-hydrogen) atoms. The summed E-state index contributed by atoms with van der Waals surface area (Å²) >= 11 is 12.1. The quantitative estimate of drug-likeness (QED) is 0.528. The van der Waals surface area contributed by atoms with Gasteiger partial charge in [-0.3, -0.25) is 0 Å². The topological polar surface area (TPSA) is 25.2 Å². The predicted molar refractivity (Wildman–Crippen MR) is 103 cm³/mol. The molecule has 0 atom stereocenters. The van der Waals surface area contributed by atoms with Crippen LogP contribution >= 0.6 is 35.6 Å². The number of hydrogen-bond acceptors (Lipinski definition) is 2. The third-order valence-electron chi connectivity index (χ3n) is 3.61. The number of halogens is 3. The average Bonchev–Trinajstić information content (AvgIpc) is 3.03. The second-order valence-electron chi connectivity index (χ2n) is 5.29. The summed E-state index contributed by atoms with van der Waals surface area (Å²) < 4.78 is 5.86. The molecule has 5 heteroatoms. The first-order chi connectivity index (χ1) is 11.2.